The zero-order chi connectivity index (χ0) is 15.8. The summed E-state index contributed by atoms with van der Waals surface area (Å²) in [4.78, 5) is 33.2. The first-order valence-corrected chi connectivity index (χ1v) is 6.50. The molecule has 0 unspecified atom stereocenters. The zero-order valence-corrected chi connectivity index (χ0v) is 11.8. The van der Waals surface area contributed by atoms with Gasteiger partial charge in [-0.15, -0.1) is 0 Å². The number of nitrogens with one attached hydrogen (secondary N) is 2. The molecule has 7 heteroatoms. The lowest BCUT2D eigenvalue weighted by molar-refractivity contribution is -0.140. The molecule has 114 valence electrons. The van der Waals surface area contributed by atoms with Gasteiger partial charge in [0.1, 0.15) is 6.04 Å². The number of carbonyl (C=O) groups is 3. The van der Waals surface area contributed by atoms with Gasteiger partial charge in [0.2, 0.25) is 5.91 Å². The van der Waals surface area contributed by atoms with Crippen molar-refractivity contribution in [3.8, 4) is 0 Å². The number of aryl methyl sites for hydroxylation is 1. The molecule has 1 atom stereocenters. The molecule has 0 saturated heterocycles. The van der Waals surface area contributed by atoms with Crippen molar-refractivity contribution < 1.29 is 19.5 Å². The Morgan fingerprint density at radius 3 is 2.52 bits per heavy atom. The van der Waals surface area contributed by atoms with Gasteiger partial charge >= 0.3 is 12.0 Å². The minimum atomic E-state index is -1.32. The Labute approximate surface area is 122 Å². The van der Waals surface area contributed by atoms with Crippen molar-refractivity contribution in [3.05, 3.63) is 35.4 Å². The van der Waals surface area contributed by atoms with Gasteiger partial charge in [0.15, 0.2) is 0 Å². The first-order chi connectivity index (χ1) is 9.90. The predicted molar refractivity (Wildman–Crippen MR) is 76.7 cm³/mol. The number of benzene rings is 1. The Bertz CT molecular complexity index is 531. The van der Waals surface area contributed by atoms with Crippen LogP contribution in [0.15, 0.2) is 24.3 Å². The molecule has 0 heterocycles. The topological polar surface area (TPSA) is 122 Å². The summed E-state index contributed by atoms with van der Waals surface area (Å²) in [5.74, 6) is -2.09. The Morgan fingerprint density at radius 2 is 1.95 bits per heavy atom. The summed E-state index contributed by atoms with van der Waals surface area (Å²) in [7, 11) is 0. The summed E-state index contributed by atoms with van der Waals surface area (Å²) in [6.07, 6.45) is 0.189. The molecule has 0 aliphatic rings. The number of hydrogen-bond acceptors (Lipinski definition) is 3. The summed E-state index contributed by atoms with van der Waals surface area (Å²) in [6.45, 7) is 2.34. The van der Waals surface area contributed by atoms with Crippen LogP contribution < -0.4 is 16.4 Å². The molecule has 0 saturated carbocycles. The SMILES string of the molecule is Cc1ccccc1CCNC(=O)N[C@H](CC(N)=O)C(=O)O. The molecule has 1 rings (SSSR count). The minimum Gasteiger partial charge on any atom is -0.480 e. The van der Waals surface area contributed by atoms with Crippen LogP contribution >= 0.6 is 0 Å². The summed E-state index contributed by atoms with van der Waals surface area (Å²) >= 11 is 0. The number of nitrogens with two attached hydrogens (primary N) is 1. The number of carbonyl (C=O) groups excluding carboxylic acids is 2. The average Bonchev–Trinajstić information content (AvgIpc) is 2.39. The molecule has 0 radical (unpaired) electrons. The maximum Gasteiger partial charge on any atom is 0.326 e. The van der Waals surface area contributed by atoms with E-state index in [0.29, 0.717) is 13.0 Å². The molecule has 0 bridgehead atoms. The summed E-state index contributed by atoms with van der Waals surface area (Å²) in [6, 6.07) is 5.82. The third-order valence-corrected chi connectivity index (χ3v) is 2.95. The van der Waals surface area contributed by atoms with Crippen LogP contribution in [-0.2, 0) is 16.0 Å². The van der Waals surface area contributed by atoms with Gasteiger partial charge in [-0.3, -0.25) is 4.79 Å². The molecule has 1 aromatic rings. The molecule has 0 fully saturated rings. The van der Waals surface area contributed by atoms with Gasteiger partial charge in [-0.1, -0.05) is 24.3 Å². The molecule has 0 aliphatic heterocycles. The standard InChI is InChI=1S/C14H19N3O4/c1-9-4-2-3-5-10(9)6-7-16-14(21)17-11(13(19)20)8-12(15)18/h2-5,11H,6-8H2,1H3,(H2,15,18)(H,19,20)(H2,16,17,21)/t11-/m1/s1. The van der Waals surface area contributed by atoms with Gasteiger partial charge in [0.25, 0.3) is 0 Å². The van der Waals surface area contributed by atoms with Gasteiger partial charge in [-0.25, -0.2) is 9.59 Å². The highest BCUT2D eigenvalue weighted by Crippen LogP contribution is 2.06. The molecule has 0 spiro atoms. The quantitative estimate of drug-likeness (QED) is 0.572. The van der Waals surface area contributed by atoms with Crippen molar-refractivity contribution in [2.45, 2.75) is 25.8 Å². The van der Waals surface area contributed by atoms with Crippen LogP contribution in [0.25, 0.3) is 0 Å². The lowest BCUT2D eigenvalue weighted by atomic mass is 10.1. The van der Waals surface area contributed by atoms with Crippen molar-refractivity contribution in [2.75, 3.05) is 6.54 Å². The van der Waals surface area contributed by atoms with E-state index in [1.165, 1.54) is 0 Å². The average molecular weight is 293 g/mol. The maximum absolute atomic E-state index is 11.6. The highest BCUT2D eigenvalue weighted by molar-refractivity contribution is 5.87. The van der Waals surface area contributed by atoms with Crippen LogP contribution in [0.3, 0.4) is 0 Å². The van der Waals surface area contributed by atoms with Crippen molar-refractivity contribution in [1.82, 2.24) is 10.6 Å². The highest BCUT2D eigenvalue weighted by Gasteiger charge is 2.21. The van der Waals surface area contributed by atoms with Crippen LogP contribution in [0.2, 0.25) is 0 Å². The van der Waals surface area contributed by atoms with E-state index in [4.69, 9.17) is 10.8 Å². The number of carboxylic acids is 1. The number of amides is 3. The van der Waals surface area contributed by atoms with Gasteiger partial charge in [0, 0.05) is 6.54 Å². The van der Waals surface area contributed by atoms with Crippen LogP contribution in [0, 0.1) is 6.92 Å². The lowest BCUT2D eigenvalue weighted by Crippen LogP contribution is -2.48. The maximum atomic E-state index is 11.6. The molecular formula is C14H19N3O4. The summed E-state index contributed by atoms with van der Waals surface area (Å²) < 4.78 is 0. The van der Waals surface area contributed by atoms with Gasteiger partial charge < -0.3 is 21.5 Å². The third-order valence-electron chi connectivity index (χ3n) is 2.95. The van der Waals surface area contributed by atoms with E-state index < -0.39 is 30.4 Å². The number of urea groups is 1. The number of hydrogen-bond donors (Lipinski definition) is 4. The van der Waals surface area contributed by atoms with Crippen molar-refractivity contribution in [1.29, 1.82) is 0 Å². The summed E-state index contributed by atoms with van der Waals surface area (Å²) in [5, 5.41) is 13.6. The molecule has 3 amide bonds. The molecule has 0 aromatic heterocycles. The molecule has 7 nitrogen and oxygen atoms in total. The zero-order valence-electron chi connectivity index (χ0n) is 11.8. The van der Waals surface area contributed by atoms with Crippen molar-refractivity contribution in [3.63, 3.8) is 0 Å². The van der Waals surface area contributed by atoms with E-state index >= 15 is 0 Å². The first kappa shape index (κ1) is 16.5. The van der Waals surface area contributed by atoms with E-state index in [1.807, 2.05) is 31.2 Å². The highest BCUT2D eigenvalue weighted by atomic mass is 16.4. The number of carboxylic acid groups (broad SMARTS) is 1. The van der Waals surface area contributed by atoms with E-state index in [9.17, 15) is 14.4 Å². The molecule has 21 heavy (non-hydrogen) atoms. The van der Waals surface area contributed by atoms with Crippen LogP contribution in [0.5, 0.6) is 0 Å². The number of primary amides is 1. The van der Waals surface area contributed by atoms with Crippen LogP contribution in [0.1, 0.15) is 17.5 Å². The van der Waals surface area contributed by atoms with E-state index in [2.05, 4.69) is 10.6 Å². The fourth-order valence-electron chi connectivity index (χ4n) is 1.81. The monoisotopic (exact) mass is 293 g/mol. The van der Waals surface area contributed by atoms with E-state index in [-0.39, 0.29) is 0 Å². The summed E-state index contributed by atoms with van der Waals surface area (Å²) in [5.41, 5.74) is 7.15. The second-order valence-corrected chi connectivity index (χ2v) is 4.64. The minimum absolute atomic E-state index is 0.361. The normalized spacial score (nSPS) is 11.5. The van der Waals surface area contributed by atoms with Crippen molar-refractivity contribution >= 4 is 17.9 Å². The second-order valence-electron chi connectivity index (χ2n) is 4.64. The number of rotatable bonds is 7. The fraction of sp³-hybridized carbons (Fsp3) is 0.357. The van der Waals surface area contributed by atoms with E-state index in [0.717, 1.165) is 11.1 Å². The Morgan fingerprint density at radius 1 is 1.29 bits per heavy atom. The van der Waals surface area contributed by atoms with Gasteiger partial charge in [0.05, 0.1) is 6.42 Å². The van der Waals surface area contributed by atoms with Crippen LogP contribution in [0.4, 0.5) is 4.79 Å². The molecule has 1 aromatic carbocycles. The second kappa shape index (κ2) is 7.88. The fourth-order valence-corrected chi connectivity index (χ4v) is 1.81. The van der Waals surface area contributed by atoms with Gasteiger partial charge in [-0.05, 0) is 24.5 Å². The molecule has 0 aliphatic carbocycles. The van der Waals surface area contributed by atoms with E-state index in [1.54, 1.807) is 0 Å². The lowest BCUT2D eigenvalue weighted by Gasteiger charge is -2.14. The Balaban J connectivity index is 2.41. The van der Waals surface area contributed by atoms with Crippen LogP contribution in [-0.4, -0.2) is 35.6 Å². The van der Waals surface area contributed by atoms with Gasteiger partial charge in [-0.2, -0.15) is 0 Å². The van der Waals surface area contributed by atoms with Crippen molar-refractivity contribution in [2.24, 2.45) is 5.73 Å². The first-order valence-electron chi connectivity index (χ1n) is 6.50. The smallest absolute Gasteiger partial charge is 0.326 e. The Kier molecular flexibility index (Phi) is 6.19. The predicted octanol–water partition coefficient (Wildman–Crippen LogP) is 0.165. The Hall–Kier alpha value is -2.57. The third kappa shape index (κ3) is 5.94. The largest absolute Gasteiger partial charge is 0.480 e. The molecule has 5 N–H and O–H groups in total. The number of aliphatic carboxylic acids is 1. The molecular weight excluding hydrogens is 274 g/mol.